The molecule has 1 aliphatic heterocycles. The van der Waals surface area contributed by atoms with Crippen molar-refractivity contribution in [2.45, 2.75) is 19.0 Å². The number of carbonyl (C=O) groups excluding carboxylic acids is 3. The van der Waals surface area contributed by atoms with Gasteiger partial charge >= 0.3 is 0 Å². The Morgan fingerprint density at radius 1 is 1.71 bits per heavy atom. The zero-order valence-electron chi connectivity index (χ0n) is 9.73. The Hall–Kier alpha value is -1.51. The van der Waals surface area contributed by atoms with Gasteiger partial charge in [-0.2, -0.15) is 0 Å². The molecule has 96 valence electrons. The molecule has 1 saturated heterocycles. The van der Waals surface area contributed by atoms with Crippen molar-refractivity contribution in [3.05, 3.63) is 0 Å². The van der Waals surface area contributed by atoms with E-state index in [0.29, 0.717) is 0 Å². The number of imide groups is 1. The average molecular weight is 244 g/mol. The van der Waals surface area contributed by atoms with Gasteiger partial charge in [-0.25, -0.2) is 5.84 Å². The lowest BCUT2D eigenvalue weighted by molar-refractivity contribution is -0.144. The van der Waals surface area contributed by atoms with E-state index >= 15 is 0 Å². The van der Waals surface area contributed by atoms with Crippen LogP contribution in [-0.4, -0.2) is 55.0 Å². The summed E-state index contributed by atoms with van der Waals surface area (Å²) in [6, 6.07) is -1.36. The third-order valence-corrected chi connectivity index (χ3v) is 2.64. The Balaban J connectivity index is 2.87. The lowest BCUT2D eigenvalue weighted by Crippen LogP contribution is -2.64. The first kappa shape index (κ1) is 13.6. The summed E-state index contributed by atoms with van der Waals surface area (Å²) in [7, 11) is 1.42. The number of nitrogens with two attached hydrogens (primary N) is 1. The van der Waals surface area contributed by atoms with Crippen molar-refractivity contribution in [3.63, 3.8) is 0 Å². The second-order valence-electron chi connectivity index (χ2n) is 3.74. The van der Waals surface area contributed by atoms with Crippen LogP contribution in [0.3, 0.4) is 0 Å². The second kappa shape index (κ2) is 5.71. The van der Waals surface area contributed by atoms with Crippen molar-refractivity contribution in [2.24, 2.45) is 5.84 Å². The largest absolute Gasteiger partial charge is 0.383 e. The summed E-state index contributed by atoms with van der Waals surface area (Å²) >= 11 is 0. The molecular formula is C9H16N4O4. The van der Waals surface area contributed by atoms with Gasteiger partial charge in [0.1, 0.15) is 6.04 Å². The summed E-state index contributed by atoms with van der Waals surface area (Å²) in [6.07, 6.45) is 0. The first-order valence-electron chi connectivity index (χ1n) is 5.10. The number of hydrogen-bond donors (Lipinski definition) is 3. The number of amides is 3. The van der Waals surface area contributed by atoms with Gasteiger partial charge in [-0.3, -0.25) is 30.0 Å². The van der Waals surface area contributed by atoms with E-state index in [0.717, 1.165) is 0 Å². The molecule has 2 atom stereocenters. The third-order valence-electron chi connectivity index (χ3n) is 2.64. The number of methoxy groups -OCH3 is 1. The summed E-state index contributed by atoms with van der Waals surface area (Å²) in [6.45, 7) is 1.61. The molecule has 1 fully saturated rings. The Morgan fingerprint density at radius 2 is 2.35 bits per heavy atom. The van der Waals surface area contributed by atoms with Crippen LogP contribution in [0.2, 0.25) is 0 Å². The zero-order valence-corrected chi connectivity index (χ0v) is 9.73. The minimum absolute atomic E-state index is 0.0473. The molecule has 4 N–H and O–H groups in total. The number of hydrazine groups is 1. The fourth-order valence-electron chi connectivity index (χ4n) is 1.69. The predicted molar refractivity (Wildman–Crippen MR) is 57.3 cm³/mol. The second-order valence-corrected chi connectivity index (χ2v) is 3.74. The van der Waals surface area contributed by atoms with E-state index in [4.69, 9.17) is 10.6 Å². The standard InChI is InChI=1S/C9H16N4O4/c1-5-8(15)11-7(14)3-13(5)6(4-17-2)9(16)12-10/h5-6H,3-4,10H2,1-2H3,(H,12,16)(H,11,14,15). The highest BCUT2D eigenvalue weighted by atomic mass is 16.5. The molecule has 17 heavy (non-hydrogen) atoms. The van der Waals surface area contributed by atoms with Crippen molar-refractivity contribution >= 4 is 17.7 Å². The maximum Gasteiger partial charge on any atom is 0.253 e. The molecule has 8 nitrogen and oxygen atoms in total. The van der Waals surface area contributed by atoms with E-state index in [2.05, 4.69) is 5.32 Å². The summed E-state index contributed by atoms with van der Waals surface area (Å²) in [5, 5.41) is 2.19. The van der Waals surface area contributed by atoms with E-state index in [9.17, 15) is 14.4 Å². The van der Waals surface area contributed by atoms with Crippen molar-refractivity contribution in [1.29, 1.82) is 0 Å². The van der Waals surface area contributed by atoms with Crippen molar-refractivity contribution in [3.8, 4) is 0 Å². The van der Waals surface area contributed by atoms with Gasteiger partial charge in [0, 0.05) is 7.11 Å². The van der Waals surface area contributed by atoms with Crippen LogP contribution in [0.15, 0.2) is 0 Å². The number of carbonyl (C=O) groups is 3. The van der Waals surface area contributed by atoms with Gasteiger partial charge < -0.3 is 4.74 Å². The molecule has 0 aliphatic carbocycles. The number of ether oxygens (including phenoxy) is 1. The first-order valence-corrected chi connectivity index (χ1v) is 5.10. The van der Waals surface area contributed by atoms with Crippen molar-refractivity contribution in [1.82, 2.24) is 15.6 Å². The topological polar surface area (TPSA) is 114 Å². The monoisotopic (exact) mass is 244 g/mol. The lowest BCUT2D eigenvalue weighted by Gasteiger charge is -2.36. The van der Waals surface area contributed by atoms with Crippen LogP contribution in [0.25, 0.3) is 0 Å². The highest BCUT2D eigenvalue weighted by Gasteiger charge is 2.37. The van der Waals surface area contributed by atoms with Gasteiger partial charge in [0.05, 0.1) is 19.2 Å². The maximum absolute atomic E-state index is 11.6. The molecular weight excluding hydrogens is 228 g/mol. The molecule has 1 aliphatic rings. The molecule has 0 aromatic heterocycles. The minimum atomic E-state index is -0.769. The van der Waals surface area contributed by atoms with Gasteiger partial charge in [0.25, 0.3) is 5.91 Å². The van der Waals surface area contributed by atoms with Crippen LogP contribution in [0.4, 0.5) is 0 Å². The highest BCUT2D eigenvalue weighted by molar-refractivity contribution is 6.01. The smallest absolute Gasteiger partial charge is 0.253 e. The van der Waals surface area contributed by atoms with Crippen LogP contribution in [0, 0.1) is 0 Å². The van der Waals surface area contributed by atoms with Gasteiger partial charge in [0.15, 0.2) is 0 Å². The molecule has 0 radical (unpaired) electrons. The van der Waals surface area contributed by atoms with Gasteiger partial charge in [-0.15, -0.1) is 0 Å². The number of nitrogens with zero attached hydrogens (tertiary/aromatic N) is 1. The molecule has 0 aromatic rings. The quantitative estimate of drug-likeness (QED) is 0.215. The number of nitrogens with one attached hydrogen (secondary N) is 2. The molecule has 1 rings (SSSR count). The normalized spacial score (nSPS) is 23.1. The van der Waals surface area contributed by atoms with Crippen LogP contribution >= 0.6 is 0 Å². The minimum Gasteiger partial charge on any atom is -0.383 e. The molecule has 2 unspecified atom stereocenters. The lowest BCUT2D eigenvalue weighted by atomic mass is 10.1. The number of piperazine rings is 1. The number of hydrogen-bond acceptors (Lipinski definition) is 6. The van der Waals surface area contributed by atoms with Crippen LogP contribution in [0.1, 0.15) is 6.92 Å². The van der Waals surface area contributed by atoms with Gasteiger partial charge in [0.2, 0.25) is 11.8 Å². The van der Waals surface area contributed by atoms with E-state index in [1.807, 2.05) is 5.43 Å². The Morgan fingerprint density at radius 3 is 2.88 bits per heavy atom. The SMILES string of the molecule is COCC(C(=O)NN)N1CC(=O)NC(=O)C1C. The van der Waals surface area contributed by atoms with E-state index in [1.54, 1.807) is 6.92 Å². The summed E-state index contributed by atoms with van der Waals surface area (Å²) in [5.41, 5.74) is 1.99. The maximum atomic E-state index is 11.6. The van der Waals surface area contributed by atoms with Gasteiger partial charge in [-0.05, 0) is 6.92 Å². The van der Waals surface area contributed by atoms with Crippen molar-refractivity contribution in [2.75, 3.05) is 20.3 Å². The summed E-state index contributed by atoms with van der Waals surface area (Å²) in [4.78, 5) is 35.7. The van der Waals surface area contributed by atoms with E-state index < -0.39 is 29.8 Å². The van der Waals surface area contributed by atoms with Crippen LogP contribution in [-0.2, 0) is 19.1 Å². The fourth-order valence-corrected chi connectivity index (χ4v) is 1.69. The Labute approximate surface area is 98.4 Å². The van der Waals surface area contributed by atoms with Crippen LogP contribution in [0.5, 0.6) is 0 Å². The number of rotatable bonds is 4. The van der Waals surface area contributed by atoms with Crippen LogP contribution < -0.4 is 16.6 Å². The molecule has 8 heteroatoms. The molecule has 0 aromatic carbocycles. The van der Waals surface area contributed by atoms with E-state index in [1.165, 1.54) is 12.0 Å². The Kier molecular flexibility index (Phi) is 4.55. The van der Waals surface area contributed by atoms with Gasteiger partial charge in [-0.1, -0.05) is 0 Å². The predicted octanol–water partition coefficient (Wildman–Crippen LogP) is -2.66. The molecule has 0 spiro atoms. The fraction of sp³-hybridized carbons (Fsp3) is 0.667. The molecule has 1 heterocycles. The first-order chi connectivity index (χ1) is 8.01. The molecule has 3 amide bonds. The average Bonchev–Trinajstić information content (AvgIpc) is 2.30. The molecule has 0 saturated carbocycles. The zero-order chi connectivity index (χ0) is 13.0. The molecule has 0 bridgehead atoms. The highest BCUT2D eigenvalue weighted by Crippen LogP contribution is 2.10. The summed E-state index contributed by atoms with van der Waals surface area (Å²) in [5.74, 6) is 3.68. The summed E-state index contributed by atoms with van der Waals surface area (Å²) < 4.78 is 4.90. The Bertz CT molecular complexity index is 333. The third kappa shape index (κ3) is 2.99. The van der Waals surface area contributed by atoms with Crippen molar-refractivity contribution < 1.29 is 19.1 Å². The van der Waals surface area contributed by atoms with E-state index in [-0.39, 0.29) is 13.2 Å².